The van der Waals surface area contributed by atoms with Crippen molar-refractivity contribution >= 4 is 53.2 Å². The van der Waals surface area contributed by atoms with Crippen LogP contribution in [0.4, 0.5) is 13.6 Å². The van der Waals surface area contributed by atoms with Crippen LogP contribution in [0, 0.1) is 11.7 Å². The molecule has 200 valence electrons. The van der Waals surface area contributed by atoms with Crippen LogP contribution >= 0.6 is 27.7 Å². The summed E-state index contributed by atoms with van der Waals surface area (Å²) in [6, 6.07) is 5.17. The van der Waals surface area contributed by atoms with Crippen molar-refractivity contribution in [2.45, 2.75) is 68.8 Å². The lowest BCUT2D eigenvalue weighted by Gasteiger charge is -2.37. The Hall–Kier alpha value is -1.50. The molecule has 3 rings (SSSR count). The Labute approximate surface area is 224 Å². The van der Waals surface area contributed by atoms with Crippen molar-refractivity contribution in [3.63, 3.8) is 0 Å². The molecule has 1 aromatic carbocycles. The highest BCUT2D eigenvalue weighted by molar-refractivity contribution is 9.10. The second kappa shape index (κ2) is 10.7. The van der Waals surface area contributed by atoms with Gasteiger partial charge in [0, 0.05) is 30.6 Å². The van der Waals surface area contributed by atoms with E-state index in [1.54, 1.807) is 20.8 Å². The van der Waals surface area contributed by atoms with Crippen molar-refractivity contribution < 1.29 is 28.3 Å². The van der Waals surface area contributed by atoms with Crippen LogP contribution < -0.4 is 0 Å². The number of aliphatic imine (C=N–C) groups is 1. The van der Waals surface area contributed by atoms with Crippen LogP contribution in [0.15, 0.2) is 32.8 Å². The molecule has 36 heavy (non-hydrogen) atoms. The van der Waals surface area contributed by atoms with Gasteiger partial charge in [0.1, 0.15) is 30.4 Å². The molecule has 1 heterocycles. The van der Waals surface area contributed by atoms with Crippen molar-refractivity contribution in [3.8, 4) is 0 Å². The van der Waals surface area contributed by atoms with Crippen LogP contribution in [-0.4, -0.2) is 66.0 Å². The minimum absolute atomic E-state index is 0.0687. The molecule has 2 aliphatic rings. The van der Waals surface area contributed by atoms with Crippen LogP contribution in [0.3, 0.4) is 0 Å². The van der Waals surface area contributed by atoms with Gasteiger partial charge < -0.3 is 14.7 Å². The maximum absolute atomic E-state index is 15.1. The summed E-state index contributed by atoms with van der Waals surface area (Å²) in [4.78, 5) is 19.2. The van der Waals surface area contributed by atoms with E-state index >= 15 is 4.39 Å². The lowest BCUT2D eigenvalue weighted by atomic mass is 9.85. The van der Waals surface area contributed by atoms with Gasteiger partial charge in [0.05, 0.1) is 11.0 Å². The van der Waals surface area contributed by atoms with E-state index in [9.17, 15) is 14.4 Å². The van der Waals surface area contributed by atoms with E-state index in [4.69, 9.17) is 9.47 Å². The van der Waals surface area contributed by atoms with Gasteiger partial charge in [0.25, 0.3) is 0 Å². The Morgan fingerprint density at radius 3 is 2.69 bits per heavy atom. The van der Waals surface area contributed by atoms with E-state index in [0.717, 1.165) is 6.04 Å². The molecule has 0 aromatic heterocycles. The number of carbonyl (C=O) groups excluding carboxylic acids is 1. The average Bonchev–Trinajstić information content (AvgIpc) is 3.47. The quantitative estimate of drug-likeness (QED) is 0.0898. The number of carbonyl (C=O) groups is 1. The Bertz CT molecular complexity index is 1050. The minimum atomic E-state index is -1.62. The summed E-state index contributed by atoms with van der Waals surface area (Å²) in [6.45, 7) is 11.1. The highest BCUT2D eigenvalue weighted by Crippen LogP contribution is 2.66. The largest absolute Gasteiger partial charge is 0.443 e. The van der Waals surface area contributed by atoms with Gasteiger partial charge in [-0.2, -0.15) is 0 Å². The molecule has 1 amide bonds. The molecule has 1 saturated carbocycles. The lowest BCUT2D eigenvalue weighted by molar-refractivity contribution is 0.0109. The lowest BCUT2D eigenvalue weighted by Crippen LogP contribution is -2.47. The number of oxime groups is 1. The molecular weight excluding hydrogens is 572 g/mol. The molecule has 7 nitrogen and oxygen atoms in total. The summed E-state index contributed by atoms with van der Waals surface area (Å²) in [5.41, 5.74) is -2.35. The van der Waals surface area contributed by atoms with Crippen molar-refractivity contribution in [3.05, 3.63) is 34.1 Å². The molecule has 12 heteroatoms. The zero-order valence-corrected chi connectivity index (χ0v) is 24.9. The number of halogens is 3. The molecule has 1 aromatic rings. The molecule has 1 aliphatic heterocycles. The van der Waals surface area contributed by atoms with Crippen LogP contribution in [-0.2, 0) is 15.0 Å². The number of ether oxygens (including phenoxy) is 2. The van der Waals surface area contributed by atoms with Crippen molar-refractivity contribution in [2.24, 2.45) is 16.1 Å². The summed E-state index contributed by atoms with van der Waals surface area (Å²) in [6.07, 6.45) is 0.999. The van der Waals surface area contributed by atoms with Crippen molar-refractivity contribution in [1.82, 2.24) is 4.90 Å². The normalized spacial score (nSPS) is 25.9. The molecule has 0 spiro atoms. The monoisotopic (exact) mass is 605 g/mol. The van der Waals surface area contributed by atoms with E-state index in [1.807, 2.05) is 0 Å². The van der Waals surface area contributed by atoms with E-state index < -0.39 is 48.5 Å². The maximum Gasteiger partial charge on any atom is 0.418 e. The minimum Gasteiger partial charge on any atom is -0.443 e. The first kappa shape index (κ1) is 29.1. The van der Waals surface area contributed by atoms with Gasteiger partial charge in [-0.25, -0.2) is 23.5 Å². The van der Waals surface area contributed by atoms with Gasteiger partial charge in [0.15, 0.2) is 5.17 Å². The van der Waals surface area contributed by atoms with Gasteiger partial charge in [-0.3, -0.25) is 0 Å². The third-order valence-corrected chi connectivity index (χ3v) is 9.67. The third kappa shape index (κ3) is 6.49. The summed E-state index contributed by atoms with van der Waals surface area (Å²) in [7, 11) is -1.38. The number of benzene rings is 1. The number of thioether (sulfide) groups is 1. The van der Waals surface area contributed by atoms with Gasteiger partial charge in [-0.1, -0.05) is 47.3 Å². The van der Waals surface area contributed by atoms with E-state index in [2.05, 4.69) is 45.7 Å². The predicted molar refractivity (Wildman–Crippen MR) is 145 cm³/mol. The fraction of sp³-hybridized carbons (Fsp3) is 0.625. The predicted octanol–water partition coefficient (Wildman–Crippen LogP) is 6.62. The Balaban J connectivity index is 2.07. The fourth-order valence-corrected chi connectivity index (χ4v) is 6.67. The SMILES string of the molecule is CC(C)(C)OC(=O)N(COCC[Si](C)(C)C)C1=N[C@](CF)(c2cc(Br)ccc2F)[C@@H]2C[C@]2(/C=N\O)S1. The van der Waals surface area contributed by atoms with Crippen LogP contribution in [0.2, 0.25) is 25.7 Å². The number of amides is 1. The zero-order valence-electron chi connectivity index (χ0n) is 21.5. The first-order valence-electron chi connectivity index (χ1n) is 11.7. The van der Waals surface area contributed by atoms with E-state index in [-0.39, 0.29) is 17.5 Å². The van der Waals surface area contributed by atoms with E-state index in [1.165, 1.54) is 41.1 Å². The zero-order chi connectivity index (χ0) is 26.9. The van der Waals surface area contributed by atoms with Crippen molar-refractivity contribution in [2.75, 3.05) is 20.0 Å². The Morgan fingerprint density at radius 2 is 2.11 bits per heavy atom. The van der Waals surface area contributed by atoms with Crippen LogP contribution in [0.5, 0.6) is 0 Å². The summed E-state index contributed by atoms with van der Waals surface area (Å²) >= 11 is 4.52. The summed E-state index contributed by atoms with van der Waals surface area (Å²) in [5, 5.41) is 12.7. The fourth-order valence-electron chi connectivity index (χ4n) is 4.08. The average molecular weight is 607 g/mol. The molecule has 0 radical (unpaired) electrons. The van der Waals surface area contributed by atoms with Crippen LogP contribution in [0.1, 0.15) is 32.8 Å². The standard InChI is InChI=1S/C24H34BrF2N3O4SSi/c1-22(2,3)34-21(31)30(15-33-9-10-36(4,5)6)20-29-24(13-26,17-11-16(25)7-8-18(17)27)19-12-23(19,35-20)14-28-32/h7-8,11,14,19,32H,9-10,12-13,15H2,1-6H3/b28-14-/t19-,23-,24-/m1/s1. The van der Waals surface area contributed by atoms with Gasteiger partial charge in [-0.15, -0.1) is 5.16 Å². The second-order valence-corrected chi connectivity index (χ2v) is 19.3. The van der Waals surface area contributed by atoms with Gasteiger partial charge >= 0.3 is 6.09 Å². The molecule has 0 bridgehead atoms. The molecule has 1 aliphatic carbocycles. The highest BCUT2D eigenvalue weighted by Gasteiger charge is 2.69. The maximum atomic E-state index is 15.1. The number of hydrogen-bond acceptors (Lipinski definition) is 7. The summed E-state index contributed by atoms with van der Waals surface area (Å²) in [5.74, 6) is -1.08. The highest BCUT2D eigenvalue weighted by atomic mass is 79.9. The van der Waals surface area contributed by atoms with Gasteiger partial charge in [0.2, 0.25) is 0 Å². The molecule has 0 unspecified atom stereocenters. The van der Waals surface area contributed by atoms with Crippen molar-refractivity contribution in [1.29, 1.82) is 0 Å². The topological polar surface area (TPSA) is 83.7 Å². The first-order chi connectivity index (χ1) is 16.7. The van der Waals surface area contributed by atoms with E-state index in [0.29, 0.717) is 17.5 Å². The summed E-state index contributed by atoms with van der Waals surface area (Å²) < 4.78 is 41.3. The molecule has 1 fully saturated rings. The number of amidine groups is 1. The smallest absolute Gasteiger partial charge is 0.418 e. The molecule has 1 N–H and O–H groups in total. The van der Waals surface area contributed by atoms with Gasteiger partial charge in [-0.05, 0) is 51.4 Å². The second-order valence-electron chi connectivity index (χ2n) is 11.4. The number of hydrogen-bond donors (Lipinski definition) is 1. The number of alkyl halides is 1. The number of nitrogens with zero attached hydrogens (tertiary/aromatic N) is 3. The number of rotatable bonds is 8. The molecule has 3 atom stereocenters. The molecule has 0 saturated heterocycles. The number of fused-ring (bicyclic) bond motifs is 1. The first-order valence-corrected chi connectivity index (χ1v) is 17.1. The molecular formula is C24H34BrF2N3O4SSi. The third-order valence-electron chi connectivity index (χ3n) is 6.04. The Kier molecular flexibility index (Phi) is 8.64. The van der Waals surface area contributed by atoms with Crippen LogP contribution in [0.25, 0.3) is 0 Å². The Morgan fingerprint density at radius 1 is 1.42 bits per heavy atom.